The Morgan fingerprint density at radius 3 is 2.37 bits per heavy atom. The first kappa shape index (κ1) is 21.1. The summed E-state index contributed by atoms with van der Waals surface area (Å²) in [7, 11) is 0. The molecule has 0 aliphatic heterocycles. The van der Waals surface area contributed by atoms with E-state index >= 15 is 0 Å². The van der Waals surface area contributed by atoms with Crippen molar-refractivity contribution in [3.05, 3.63) is 65.5 Å². The Labute approximate surface area is 170 Å². The molecule has 156 valence electrons. The summed E-state index contributed by atoms with van der Waals surface area (Å²) < 4.78 is 44.7. The first-order chi connectivity index (χ1) is 14.1. The Bertz CT molecular complexity index is 1080. The third kappa shape index (κ3) is 5.05. The number of nitrogens with zero attached hydrogens (tertiary/aromatic N) is 1. The summed E-state index contributed by atoms with van der Waals surface area (Å²) in [6, 6.07) is 11.8. The fourth-order valence-corrected chi connectivity index (χ4v) is 2.77. The average Bonchev–Trinajstić information content (AvgIpc) is 3.03. The Morgan fingerprint density at radius 1 is 1.03 bits per heavy atom. The van der Waals surface area contributed by atoms with E-state index in [-0.39, 0.29) is 17.8 Å². The second-order valence-electron chi connectivity index (χ2n) is 6.55. The molecule has 0 spiro atoms. The molecule has 30 heavy (non-hydrogen) atoms. The van der Waals surface area contributed by atoms with Gasteiger partial charge < -0.3 is 15.1 Å². The maximum atomic E-state index is 13.0. The number of carbonyl (C=O) groups excluding carboxylic acids is 2. The van der Waals surface area contributed by atoms with Crippen LogP contribution in [0.3, 0.4) is 0 Å². The van der Waals surface area contributed by atoms with Crippen molar-refractivity contribution in [3.63, 3.8) is 0 Å². The van der Waals surface area contributed by atoms with Crippen LogP contribution in [0.25, 0.3) is 11.5 Å². The second-order valence-corrected chi connectivity index (χ2v) is 6.55. The molecule has 0 saturated carbocycles. The molecule has 1 aromatic heterocycles. The van der Waals surface area contributed by atoms with Crippen molar-refractivity contribution in [2.75, 3.05) is 10.6 Å². The SMILES string of the molecule is CC(=O)Nc1ccc(C(F)(F)F)cc1NC(=O)Cc1nc(-c2ccccc2)oc1C. The van der Waals surface area contributed by atoms with Crippen LogP contribution in [0.4, 0.5) is 24.5 Å². The van der Waals surface area contributed by atoms with Gasteiger partial charge >= 0.3 is 6.18 Å². The van der Waals surface area contributed by atoms with Gasteiger partial charge in [0.2, 0.25) is 17.7 Å². The molecule has 2 amide bonds. The molecular weight excluding hydrogens is 399 g/mol. The predicted molar refractivity (Wildman–Crippen MR) is 105 cm³/mol. The molecule has 1 heterocycles. The first-order valence-electron chi connectivity index (χ1n) is 8.94. The number of halogens is 3. The molecule has 3 aromatic rings. The lowest BCUT2D eigenvalue weighted by molar-refractivity contribution is -0.137. The predicted octanol–water partition coefficient (Wildman–Crippen LogP) is 4.81. The van der Waals surface area contributed by atoms with Crippen molar-refractivity contribution < 1.29 is 27.2 Å². The van der Waals surface area contributed by atoms with E-state index in [1.54, 1.807) is 19.1 Å². The Hall–Kier alpha value is -3.62. The van der Waals surface area contributed by atoms with E-state index < -0.39 is 23.6 Å². The van der Waals surface area contributed by atoms with Gasteiger partial charge in [-0.3, -0.25) is 9.59 Å². The van der Waals surface area contributed by atoms with Crippen LogP contribution in [-0.4, -0.2) is 16.8 Å². The zero-order chi connectivity index (χ0) is 21.9. The fourth-order valence-electron chi connectivity index (χ4n) is 2.77. The Morgan fingerprint density at radius 2 is 1.73 bits per heavy atom. The summed E-state index contributed by atoms with van der Waals surface area (Å²) in [6.07, 6.45) is -4.81. The van der Waals surface area contributed by atoms with Gasteiger partial charge in [-0.1, -0.05) is 18.2 Å². The lowest BCUT2D eigenvalue weighted by atomic mass is 10.1. The topological polar surface area (TPSA) is 84.2 Å². The van der Waals surface area contributed by atoms with E-state index in [0.29, 0.717) is 17.3 Å². The highest BCUT2D eigenvalue weighted by Crippen LogP contribution is 2.34. The van der Waals surface area contributed by atoms with Crippen molar-refractivity contribution in [3.8, 4) is 11.5 Å². The number of rotatable bonds is 5. The number of alkyl halides is 3. The van der Waals surface area contributed by atoms with Gasteiger partial charge in [0.1, 0.15) is 5.76 Å². The standard InChI is InChI=1S/C21H18F3N3O3/c1-12-17(27-20(30-12)14-6-4-3-5-7-14)11-19(29)26-18-10-15(21(22,23)24)8-9-16(18)25-13(2)28/h3-10H,11H2,1-2H3,(H,25,28)(H,26,29). The lowest BCUT2D eigenvalue weighted by Gasteiger charge is -2.14. The highest BCUT2D eigenvalue weighted by Gasteiger charge is 2.31. The number of aryl methyl sites for hydroxylation is 1. The number of hydrogen-bond acceptors (Lipinski definition) is 4. The minimum Gasteiger partial charge on any atom is -0.441 e. The number of anilines is 2. The molecule has 9 heteroatoms. The van der Waals surface area contributed by atoms with E-state index in [4.69, 9.17) is 4.42 Å². The zero-order valence-corrected chi connectivity index (χ0v) is 16.1. The molecule has 0 radical (unpaired) electrons. The van der Waals surface area contributed by atoms with Crippen LogP contribution < -0.4 is 10.6 Å². The molecule has 0 atom stereocenters. The summed E-state index contributed by atoms with van der Waals surface area (Å²) in [5.74, 6) is -0.314. The number of nitrogens with one attached hydrogen (secondary N) is 2. The summed E-state index contributed by atoms with van der Waals surface area (Å²) in [6.45, 7) is 2.86. The molecule has 2 aromatic carbocycles. The Balaban J connectivity index is 1.82. The van der Waals surface area contributed by atoms with Crippen LogP contribution in [0.2, 0.25) is 0 Å². The van der Waals surface area contributed by atoms with Crippen LogP contribution in [0, 0.1) is 6.92 Å². The molecule has 3 rings (SSSR count). The molecule has 6 nitrogen and oxygen atoms in total. The molecule has 0 aliphatic rings. The zero-order valence-electron chi connectivity index (χ0n) is 16.1. The average molecular weight is 417 g/mol. The van der Waals surface area contributed by atoms with Crippen molar-refractivity contribution in [2.45, 2.75) is 26.4 Å². The third-order valence-corrected chi connectivity index (χ3v) is 4.17. The van der Waals surface area contributed by atoms with E-state index in [1.807, 2.05) is 18.2 Å². The number of benzene rings is 2. The van der Waals surface area contributed by atoms with Gasteiger partial charge in [0.05, 0.1) is 29.1 Å². The smallest absolute Gasteiger partial charge is 0.416 e. The van der Waals surface area contributed by atoms with Crippen LogP contribution in [0.15, 0.2) is 52.9 Å². The first-order valence-corrected chi connectivity index (χ1v) is 8.94. The number of aromatic nitrogens is 1. The molecule has 0 unspecified atom stereocenters. The minimum absolute atomic E-state index is 0.0608. The monoisotopic (exact) mass is 417 g/mol. The van der Waals surface area contributed by atoms with Crippen LogP contribution in [-0.2, 0) is 22.2 Å². The number of hydrogen-bond donors (Lipinski definition) is 2. The molecular formula is C21H18F3N3O3. The van der Waals surface area contributed by atoms with Crippen LogP contribution >= 0.6 is 0 Å². The largest absolute Gasteiger partial charge is 0.441 e. The minimum atomic E-state index is -4.60. The van der Waals surface area contributed by atoms with Gasteiger partial charge in [-0.15, -0.1) is 0 Å². The van der Waals surface area contributed by atoms with Crippen molar-refractivity contribution in [1.82, 2.24) is 4.98 Å². The number of carbonyl (C=O) groups is 2. The fraction of sp³-hybridized carbons (Fsp3) is 0.190. The molecule has 0 fully saturated rings. The van der Waals surface area contributed by atoms with Gasteiger partial charge in [-0.25, -0.2) is 4.98 Å². The van der Waals surface area contributed by atoms with Gasteiger partial charge in [-0.05, 0) is 37.3 Å². The Kier molecular flexibility index (Phi) is 5.91. The highest BCUT2D eigenvalue weighted by atomic mass is 19.4. The van der Waals surface area contributed by atoms with Crippen LogP contribution in [0.5, 0.6) is 0 Å². The normalized spacial score (nSPS) is 11.2. The van der Waals surface area contributed by atoms with Gasteiger partial charge in [-0.2, -0.15) is 13.2 Å². The van der Waals surface area contributed by atoms with Gasteiger partial charge in [0.15, 0.2) is 0 Å². The number of amides is 2. The molecule has 2 N–H and O–H groups in total. The maximum absolute atomic E-state index is 13.0. The highest BCUT2D eigenvalue weighted by molar-refractivity contribution is 5.99. The lowest BCUT2D eigenvalue weighted by Crippen LogP contribution is -2.18. The van der Waals surface area contributed by atoms with Crippen molar-refractivity contribution in [1.29, 1.82) is 0 Å². The van der Waals surface area contributed by atoms with Gasteiger partial charge in [0.25, 0.3) is 0 Å². The van der Waals surface area contributed by atoms with E-state index in [0.717, 1.165) is 23.8 Å². The van der Waals surface area contributed by atoms with Gasteiger partial charge in [0, 0.05) is 12.5 Å². The summed E-state index contributed by atoms with van der Waals surface area (Å²) >= 11 is 0. The maximum Gasteiger partial charge on any atom is 0.416 e. The third-order valence-electron chi connectivity index (χ3n) is 4.17. The van der Waals surface area contributed by atoms with Crippen molar-refractivity contribution >= 4 is 23.2 Å². The van der Waals surface area contributed by atoms with E-state index in [9.17, 15) is 22.8 Å². The molecule has 0 saturated heterocycles. The summed E-state index contributed by atoms with van der Waals surface area (Å²) in [4.78, 5) is 28.1. The summed E-state index contributed by atoms with van der Waals surface area (Å²) in [5, 5.41) is 4.82. The van der Waals surface area contributed by atoms with E-state index in [2.05, 4.69) is 15.6 Å². The van der Waals surface area contributed by atoms with Crippen molar-refractivity contribution in [2.24, 2.45) is 0 Å². The molecule has 0 bridgehead atoms. The second kappa shape index (κ2) is 8.40. The van der Waals surface area contributed by atoms with Crippen LogP contribution in [0.1, 0.15) is 23.9 Å². The summed E-state index contributed by atoms with van der Waals surface area (Å²) in [5.41, 5.74) is 0.0496. The van der Waals surface area contributed by atoms with E-state index in [1.165, 1.54) is 6.92 Å². The molecule has 0 aliphatic carbocycles. The number of oxazole rings is 1. The quantitative estimate of drug-likeness (QED) is 0.624.